The number of hydrogen-bond acceptors (Lipinski definition) is 6. The number of primary amides is 1. The van der Waals surface area contributed by atoms with Crippen LogP contribution in [0.5, 0.6) is 5.75 Å². The van der Waals surface area contributed by atoms with Crippen molar-refractivity contribution in [3.8, 4) is 5.75 Å². The van der Waals surface area contributed by atoms with E-state index in [0.717, 1.165) is 0 Å². The van der Waals surface area contributed by atoms with Crippen LogP contribution in [-0.2, 0) is 11.3 Å². The lowest BCUT2D eigenvalue weighted by Gasteiger charge is -2.12. The van der Waals surface area contributed by atoms with E-state index < -0.39 is 11.8 Å². The number of halogens is 1. The van der Waals surface area contributed by atoms with Gasteiger partial charge < -0.3 is 25.9 Å². The van der Waals surface area contributed by atoms with E-state index in [1.165, 1.54) is 12.3 Å². The van der Waals surface area contributed by atoms with Crippen LogP contribution in [0.1, 0.15) is 27.5 Å². The van der Waals surface area contributed by atoms with Crippen molar-refractivity contribution >= 4 is 30.1 Å². The number of ether oxygens (including phenoxy) is 1. The van der Waals surface area contributed by atoms with Crippen molar-refractivity contribution in [3.63, 3.8) is 0 Å². The van der Waals surface area contributed by atoms with Gasteiger partial charge in [0, 0.05) is 24.6 Å². The number of carbonyl (C=O) groups excluding carboxylic acids is 2. The van der Waals surface area contributed by atoms with Crippen LogP contribution in [0.2, 0.25) is 0 Å². The molecule has 0 aliphatic rings. The minimum atomic E-state index is -0.642. The number of aromatic nitrogens is 1. The number of amides is 2. The molecule has 9 nitrogen and oxygen atoms in total. The van der Waals surface area contributed by atoms with Crippen LogP contribution >= 0.6 is 12.4 Å². The van der Waals surface area contributed by atoms with Crippen LogP contribution in [0.3, 0.4) is 0 Å². The van der Waals surface area contributed by atoms with Crippen LogP contribution in [0.4, 0.5) is 0 Å². The van der Waals surface area contributed by atoms with E-state index in [9.17, 15) is 9.59 Å². The molecule has 0 unspecified atom stereocenters. The summed E-state index contributed by atoms with van der Waals surface area (Å²) in [7, 11) is 0. The molecule has 0 radical (unpaired) electrons. The van der Waals surface area contributed by atoms with Gasteiger partial charge in [-0.15, -0.1) is 12.4 Å². The molecular formula is C15H18ClN5O4. The summed E-state index contributed by atoms with van der Waals surface area (Å²) in [5.74, 6) is -0.512. The van der Waals surface area contributed by atoms with E-state index in [-0.39, 0.29) is 37.1 Å². The zero-order valence-electron chi connectivity index (χ0n) is 13.4. The third kappa shape index (κ3) is 5.50. The lowest BCUT2D eigenvalue weighted by atomic mass is 10.1. The highest BCUT2D eigenvalue weighted by atomic mass is 35.5. The number of aryl methyl sites for hydroxylation is 1. The predicted molar refractivity (Wildman–Crippen MR) is 91.8 cm³/mol. The Morgan fingerprint density at radius 1 is 1.36 bits per heavy atom. The highest BCUT2D eigenvalue weighted by Crippen LogP contribution is 2.20. The maximum atomic E-state index is 12.0. The second-order valence-corrected chi connectivity index (χ2v) is 4.93. The number of nitrogen functional groups attached to an aromatic ring is 1. The summed E-state index contributed by atoms with van der Waals surface area (Å²) < 4.78 is 10.3. The van der Waals surface area contributed by atoms with Gasteiger partial charge in [0.25, 0.3) is 11.8 Å². The molecule has 10 heteroatoms. The molecule has 2 aromatic rings. The first-order valence-electron chi connectivity index (χ1n) is 6.95. The Labute approximate surface area is 149 Å². The summed E-state index contributed by atoms with van der Waals surface area (Å²) in [5, 5.41) is 10.1. The van der Waals surface area contributed by atoms with Gasteiger partial charge in [-0.3, -0.25) is 15.0 Å². The molecule has 0 fully saturated rings. The van der Waals surface area contributed by atoms with Gasteiger partial charge in [-0.05, 0) is 6.07 Å². The molecule has 0 spiro atoms. The number of amidine groups is 1. The summed E-state index contributed by atoms with van der Waals surface area (Å²) in [6.45, 7) is 1.43. The molecule has 0 saturated carbocycles. The van der Waals surface area contributed by atoms with E-state index in [2.05, 4.69) is 10.3 Å². The number of nitrogens with one attached hydrogen (secondary N) is 2. The van der Waals surface area contributed by atoms with Gasteiger partial charge in [0.1, 0.15) is 17.8 Å². The van der Waals surface area contributed by atoms with Gasteiger partial charge in [-0.25, -0.2) is 4.98 Å². The highest BCUT2D eigenvalue weighted by Gasteiger charge is 2.13. The predicted octanol–water partition coefficient (Wildman–Crippen LogP) is 0.483. The SMILES string of the molecule is Cc1nc(C(=O)NCc2ccc(C(=N)N)cc2OCC(N)=O)co1.Cl. The van der Waals surface area contributed by atoms with Gasteiger partial charge in [-0.1, -0.05) is 12.1 Å². The third-order valence-electron chi connectivity index (χ3n) is 3.04. The monoisotopic (exact) mass is 367 g/mol. The molecule has 6 N–H and O–H groups in total. The zero-order valence-corrected chi connectivity index (χ0v) is 14.2. The third-order valence-corrected chi connectivity index (χ3v) is 3.04. The van der Waals surface area contributed by atoms with E-state index in [4.69, 9.17) is 26.0 Å². The summed E-state index contributed by atoms with van der Waals surface area (Å²) in [6.07, 6.45) is 1.26. The number of carbonyl (C=O) groups is 2. The average Bonchev–Trinajstić information content (AvgIpc) is 2.97. The largest absolute Gasteiger partial charge is 0.483 e. The molecule has 0 aliphatic heterocycles. The Balaban J connectivity index is 0.00000312. The molecule has 0 saturated heterocycles. The molecule has 2 amide bonds. The molecular weight excluding hydrogens is 350 g/mol. The topological polar surface area (TPSA) is 157 Å². The molecule has 0 atom stereocenters. The molecule has 25 heavy (non-hydrogen) atoms. The van der Waals surface area contributed by atoms with Crippen LogP contribution in [0.15, 0.2) is 28.9 Å². The molecule has 2 rings (SSSR count). The molecule has 1 heterocycles. The minimum Gasteiger partial charge on any atom is -0.483 e. The molecule has 134 valence electrons. The van der Waals surface area contributed by atoms with Crippen LogP contribution in [-0.4, -0.2) is 29.2 Å². The summed E-state index contributed by atoms with van der Waals surface area (Å²) in [5.41, 5.74) is 11.7. The first-order valence-corrected chi connectivity index (χ1v) is 6.95. The van der Waals surface area contributed by atoms with Gasteiger partial charge in [0.05, 0.1) is 0 Å². The van der Waals surface area contributed by atoms with Crippen molar-refractivity contribution in [1.82, 2.24) is 10.3 Å². The number of oxazole rings is 1. The summed E-state index contributed by atoms with van der Waals surface area (Å²) >= 11 is 0. The Hall–Kier alpha value is -3.07. The maximum Gasteiger partial charge on any atom is 0.273 e. The van der Waals surface area contributed by atoms with Gasteiger partial charge in [0.15, 0.2) is 18.2 Å². The average molecular weight is 368 g/mol. The quantitative estimate of drug-likeness (QED) is 0.411. The number of nitrogens with zero attached hydrogens (tertiary/aromatic N) is 1. The van der Waals surface area contributed by atoms with Crippen LogP contribution in [0.25, 0.3) is 0 Å². The minimum absolute atomic E-state index is 0. The molecule has 0 bridgehead atoms. The number of rotatable bonds is 7. The van der Waals surface area contributed by atoms with Crippen molar-refractivity contribution in [2.75, 3.05) is 6.61 Å². The normalized spacial score (nSPS) is 9.80. The lowest BCUT2D eigenvalue weighted by molar-refractivity contribution is -0.119. The smallest absolute Gasteiger partial charge is 0.273 e. The first-order chi connectivity index (χ1) is 11.4. The zero-order chi connectivity index (χ0) is 17.7. The van der Waals surface area contributed by atoms with Crippen molar-refractivity contribution in [1.29, 1.82) is 5.41 Å². The van der Waals surface area contributed by atoms with Crippen LogP contribution < -0.4 is 21.5 Å². The number of nitrogens with two attached hydrogens (primary N) is 2. The van der Waals surface area contributed by atoms with E-state index in [1.54, 1.807) is 19.1 Å². The molecule has 1 aromatic carbocycles. The van der Waals surface area contributed by atoms with Crippen molar-refractivity contribution in [2.45, 2.75) is 13.5 Å². The number of hydrogen-bond donors (Lipinski definition) is 4. The Bertz CT molecular complexity index is 790. The fraction of sp³-hybridized carbons (Fsp3) is 0.200. The standard InChI is InChI=1S/C15H17N5O4.ClH/c1-8-20-11(6-23-8)15(22)19-5-10-3-2-9(14(17)18)4-12(10)24-7-13(16)21;/h2-4,6H,5,7H2,1H3,(H2,16,21)(H3,17,18)(H,19,22);1H. The van der Waals surface area contributed by atoms with Gasteiger partial charge >= 0.3 is 0 Å². The maximum absolute atomic E-state index is 12.0. The fourth-order valence-corrected chi connectivity index (χ4v) is 1.89. The van der Waals surface area contributed by atoms with Crippen LogP contribution in [0, 0.1) is 12.3 Å². The van der Waals surface area contributed by atoms with Crippen molar-refractivity contribution in [3.05, 3.63) is 47.2 Å². The summed E-state index contributed by atoms with van der Waals surface area (Å²) in [4.78, 5) is 26.8. The summed E-state index contributed by atoms with van der Waals surface area (Å²) in [6, 6.07) is 4.76. The lowest BCUT2D eigenvalue weighted by Crippen LogP contribution is -2.25. The van der Waals surface area contributed by atoms with Gasteiger partial charge in [0.2, 0.25) is 0 Å². The Kier molecular flexibility index (Phi) is 6.94. The Morgan fingerprint density at radius 2 is 2.08 bits per heavy atom. The van der Waals surface area contributed by atoms with E-state index in [0.29, 0.717) is 22.8 Å². The van der Waals surface area contributed by atoms with Crippen molar-refractivity contribution in [2.24, 2.45) is 11.5 Å². The molecule has 0 aliphatic carbocycles. The second kappa shape index (κ2) is 8.69. The second-order valence-electron chi connectivity index (χ2n) is 4.93. The number of benzene rings is 1. The van der Waals surface area contributed by atoms with Gasteiger partial charge in [-0.2, -0.15) is 0 Å². The molecule has 1 aromatic heterocycles. The van der Waals surface area contributed by atoms with E-state index >= 15 is 0 Å². The highest BCUT2D eigenvalue weighted by molar-refractivity contribution is 5.95. The fourth-order valence-electron chi connectivity index (χ4n) is 1.89. The van der Waals surface area contributed by atoms with Crippen molar-refractivity contribution < 1.29 is 18.7 Å². The first kappa shape index (κ1) is 20.0. The van der Waals surface area contributed by atoms with E-state index in [1.807, 2.05) is 0 Å². The Morgan fingerprint density at radius 3 is 2.64 bits per heavy atom.